The van der Waals surface area contributed by atoms with Crippen LogP contribution in [-0.4, -0.2) is 31.7 Å². The second-order valence-corrected chi connectivity index (χ2v) is 8.50. The van der Waals surface area contributed by atoms with Crippen LogP contribution in [0.5, 0.6) is 0 Å². The Labute approximate surface area is 152 Å². The van der Waals surface area contributed by atoms with Gasteiger partial charge in [0.1, 0.15) is 0 Å². The second-order valence-electron chi connectivity index (χ2n) is 6.36. The van der Waals surface area contributed by atoms with Crippen molar-refractivity contribution in [2.75, 3.05) is 6.26 Å². The van der Waals surface area contributed by atoms with Crippen molar-refractivity contribution < 1.29 is 23.1 Å². The van der Waals surface area contributed by atoms with E-state index in [0.29, 0.717) is 11.1 Å². The molecule has 0 aromatic heterocycles. The summed E-state index contributed by atoms with van der Waals surface area (Å²) in [5.74, 6) is -1.81. The lowest BCUT2D eigenvalue weighted by atomic mass is 10.0. The van der Waals surface area contributed by atoms with Crippen LogP contribution in [0.4, 0.5) is 0 Å². The fraction of sp³-hybridized carbons (Fsp3) is 0.263. The molecule has 6 nitrogen and oxygen atoms in total. The van der Waals surface area contributed by atoms with Gasteiger partial charge in [-0.2, -0.15) is 0 Å². The molecule has 2 N–H and O–H groups in total. The van der Waals surface area contributed by atoms with E-state index in [4.69, 9.17) is 0 Å². The van der Waals surface area contributed by atoms with E-state index in [1.807, 2.05) is 19.9 Å². The number of carboxylic acids is 1. The van der Waals surface area contributed by atoms with Crippen LogP contribution in [-0.2, 0) is 20.4 Å². The molecule has 26 heavy (non-hydrogen) atoms. The largest absolute Gasteiger partial charge is 0.479 e. The van der Waals surface area contributed by atoms with Gasteiger partial charge in [0.2, 0.25) is 0 Å². The van der Waals surface area contributed by atoms with Gasteiger partial charge in [0.05, 0.1) is 5.75 Å². The number of amides is 1. The first-order chi connectivity index (χ1) is 12.1. The fourth-order valence-electron chi connectivity index (χ4n) is 2.50. The maximum absolute atomic E-state index is 12.4. The number of hydrogen-bond donors (Lipinski definition) is 2. The molecule has 0 aliphatic heterocycles. The molecular weight excluding hydrogens is 354 g/mol. The van der Waals surface area contributed by atoms with Crippen LogP contribution < -0.4 is 5.32 Å². The lowest BCUT2D eigenvalue weighted by Gasteiger charge is -2.16. The third kappa shape index (κ3) is 5.16. The summed E-state index contributed by atoms with van der Waals surface area (Å²) in [7, 11) is -3.16. The van der Waals surface area contributed by atoms with Crippen LogP contribution in [0.3, 0.4) is 0 Å². The van der Waals surface area contributed by atoms with Gasteiger partial charge in [-0.25, -0.2) is 13.2 Å². The maximum atomic E-state index is 12.4. The number of sulfone groups is 1. The van der Waals surface area contributed by atoms with E-state index in [-0.39, 0.29) is 11.3 Å². The van der Waals surface area contributed by atoms with Crippen molar-refractivity contribution in [3.05, 3.63) is 70.3 Å². The summed E-state index contributed by atoms with van der Waals surface area (Å²) in [6, 6.07) is 10.1. The average Bonchev–Trinajstić information content (AvgIpc) is 2.54. The quantitative estimate of drug-likeness (QED) is 0.807. The fourth-order valence-corrected chi connectivity index (χ4v) is 3.30. The lowest BCUT2D eigenvalue weighted by molar-refractivity contribution is -0.139. The molecule has 0 fully saturated rings. The number of carboxylic acid groups (broad SMARTS) is 1. The monoisotopic (exact) mass is 375 g/mol. The minimum atomic E-state index is -3.16. The Morgan fingerprint density at radius 3 is 2.15 bits per heavy atom. The molecule has 0 heterocycles. The van der Waals surface area contributed by atoms with Crippen LogP contribution in [0.2, 0.25) is 0 Å². The molecule has 0 saturated carbocycles. The Hall–Kier alpha value is -2.67. The second kappa shape index (κ2) is 7.70. The summed E-state index contributed by atoms with van der Waals surface area (Å²) in [6.45, 7) is 3.80. The standard InChI is InChI=1S/C19H21NO5S/c1-12-4-7-16(10-13(12)2)17(19(22)23)20-18(21)15-8-5-14(6-9-15)11-26(3,24)25/h4-10,17H,11H2,1-3H3,(H,20,21)(H,22,23). The topological polar surface area (TPSA) is 101 Å². The number of carbonyl (C=O) groups excluding carboxylic acids is 1. The molecule has 0 spiro atoms. The SMILES string of the molecule is Cc1ccc(C(NC(=O)c2ccc(CS(C)(=O)=O)cc2)C(=O)O)cc1C. The number of rotatable bonds is 6. The molecule has 138 valence electrons. The summed E-state index contributed by atoms with van der Waals surface area (Å²) in [4.78, 5) is 24.0. The summed E-state index contributed by atoms with van der Waals surface area (Å²) >= 11 is 0. The molecule has 1 amide bonds. The smallest absolute Gasteiger partial charge is 0.330 e. The van der Waals surface area contributed by atoms with Crippen molar-refractivity contribution >= 4 is 21.7 Å². The summed E-state index contributed by atoms with van der Waals surface area (Å²) in [5.41, 5.74) is 3.28. The van der Waals surface area contributed by atoms with Gasteiger partial charge in [-0.15, -0.1) is 0 Å². The van der Waals surface area contributed by atoms with Gasteiger partial charge in [0.25, 0.3) is 5.91 Å². The molecule has 1 atom stereocenters. The van der Waals surface area contributed by atoms with Crippen LogP contribution in [0, 0.1) is 13.8 Å². The Balaban J connectivity index is 2.19. The first-order valence-electron chi connectivity index (χ1n) is 7.94. The van der Waals surface area contributed by atoms with E-state index >= 15 is 0 Å². The molecular formula is C19H21NO5S. The van der Waals surface area contributed by atoms with E-state index in [9.17, 15) is 23.1 Å². The molecule has 7 heteroatoms. The molecule has 0 radical (unpaired) electrons. The van der Waals surface area contributed by atoms with Crippen molar-refractivity contribution in [3.8, 4) is 0 Å². The van der Waals surface area contributed by atoms with Gasteiger partial charge in [0.15, 0.2) is 15.9 Å². The summed E-state index contributed by atoms with van der Waals surface area (Å²) in [6.07, 6.45) is 1.13. The van der Waals surface area contributed by atoms with Crippen molar-refractivity contribution in [1.29, 1.82) is 0 Å². The number of aliphatic carboxylic acids is 1. The number of aryl methyl sites for hydroxylation is 2. The van der Waals surface area contributed by atoms with E-state index in [0.717, 1.165) is 17.4 Å². The molecule has 2 rings (SSSR count). The average molecular weight is 375 g/mol. The molecule has 0 saturated heterocycles. The molecule has 0 aliphatic rings. The van der Waals surface area contributed by atoms with Gasteiger partial charge in [-0.1, -0.05) is 30.3 Å². The van der Waals surface area contributed by atoms with E-state index < -0.39 is 27.8 Å². The van der Waals surface area contributed by atoms with Crippen LogP contribution in [0.15, 0.2) is 42.5 Å². The van der Waals surface area contributed by atoms with Crippen molar-refractivity contribution in [2.24, 2.45) is 0 Å². The van der Waals surface area contributed by atoms with Crippen molar-refractivity contribution in [1.82, 2.24) is 5.32 Å². The predicted molar refractivity (Wildman–Crippen MR) is 98.7 cm³/mol. The van der Waals surface area contributed by atoms with Crippen LogP contribution in [0.1, 0.15) is 38.7 Å². The minimum Gasteiger partial charge on any atom is -0.479 e. The number of benzene rings is 2. The zero-order chi connectivity index (χ0) is 19.5. The Morgan fingerprint density at radius 2 is 1.65 bits per heavy atom. The third-order valence-electron chi connectivity index (χ3n) is 4.03. The van der Waals surface area contributed by atoms with Crippen molar-refractivity contribution in [3.63, 3.8) is 0 Å². The van der Waals surface area contributed by atoms with Gasteiger partial charge in [-0.05, 0) is 48.2 Å². The molecule has 1 unspecified atom stereocenters. The Bertz CT molecular complexity index is 933. The number of nitrogens with one attached hydrogen (secondary N) is 1. The number of hydrogen-bond acceptors (Lipinski definition) is 4. The van der Waals surface area contributed by atoms with Gasteiger partial charge < -0.3 is 10.4 Å². The van der Waals surface area contributed by atoms with E-state index in [2.05, 4.69) is 5.32 Å². The number of carbonyl (C=O) groups is 2. The molecule has 0 bridgehead atoms. The predicted octanol–water partition coefficient (Wildman–Crippen LogP) is 2.40. The molecule has 0 aliphatic carbocycles. The zero-order valence-corrected chi connectivity index (χ0v) is 15.6. The van der Waals surface area contributed by atoms with E-state index in [1.165, 1.54) is 12.1 Å². The molecule has 2 aromatic carbocycles. The Morgan fingerprint density at radius 1 is 1.04 bits per heavy atom. The van der Waals surface area contributed by atoms with Crippen LogP contribution in [0.25, 0.3) is 0 Å². The van der Waals surface area contributed by atoms with Gasteiger partial charge in [0, 0.05) is 11.8 Å². The maximum Gasteiger partial charge on any atom is 0.330 e. The van der Waals surface area contributed by atoms with Crippen LogP contribution >= 0.6 is 0 Å². The lowest BCUT2D eigenvalue weighted by Crippen LogP contribution is -2.33. The molecule has 2 aromatic rings. The highest BCUT2D eigenvalue weighted by molar-refractivity contribution is 7.89. The minimum absolute atomic E-state index is 0.116. The Kier molecular flexibility index (Phi) is 5.82. The highest BCUT2D eigenvalue weighted by atomic mass is 32.2. The normalized spacial score (nSPS) is 12.4. The first-order valence-corrected chi connectivity index (χ1v) is 10.0. The van der Waals surface area contributed by atoms with Crippen molar-refractivity contribution in [2.45, 2.75) is 25.6 Å². The highest BCUT2D eigenvalue weighted by Gasteiger charge is 2.23. The first kappa shape index (κ1) is 19.7. The van der Waals surface area contributed by atoms with Gasteiger partial charge >= 0.3 is 5.97 Å². The summed E-state index contributed by atoms with van der Waals surface area (Å²) < 4.78 is 22.6. The highest BCUT2D eigenvalue weighted by Crippen LogP contribution is 2.18. The third-order valence-corrected chi connectivity index (χ3v) is 4.89. The zero-order valence-electron chi connectivity index (χ0n) is 14.8. The van der Waals surface area contributed by atoms with Gasteiger partial charge in [-0.3, -0.25) is 4.79 Å². The summed E-state index contributed by atoms with van der Waals surface area (Å²) in [5, 5.41) is 12.0. The van der Waals surface area contributed by atoms with E-state index in [1.54, 1.807) is 24.3 Å².